The van der Waals surface area contributed by atoms with Crippen molar-refractivity contribution >= 4 is 55.3 Å². The van der Waals surface area contributed by atoms with Gasteiger partial charge in [0.2, 0.25) is 0 Å². The molecular formula is C26H19PS. The van der Waals surface area contributed by atoms with Crippen molar-refractivity contribution in [1.82, 2.24) is 0 Å². The van der Waals surface area contributed by atoms with E-state index in [2.05, 4.69) is 115 Å². The summed E-state index contributed by atoms with van der Waals surface area (Å²) in [6.45, 7) is 0. The smallest absolute Gasteiger partial charge is 0.0385 e. The molecule has 0 aromatic heterocycles. The molecular weight excluding hydrogens is 375 g/mol. The van der Waals surface area contributed by atoms with E-state index in [0.29, 0.717) is 0 Å². The van der Waals surface area contributed by atoms with Crippen molar-refractivity contribution in [2.75, 3.05) is 0 Å². The third-order valence-corrected chi connectivity index (χ3v) is 10.3. The average molecular weight is 394 g/mol. The van der Waals surface area contributed by atoms with Crippen molar-refractivity contribution in [3.8, 4) is 0 Å². The van der Waals surface area contributed by atoms with Crippen LogP contribution in [0.4, 0.5) is 0 Å². The lowest BCUT2D eigenvalue weighted by molar-refractivity contribution is 1.75. The average Bonchev–Trinajstić information content (AvgIpc) is 2.78. The van der Waals surface area contributed by atoms with Crippen LogP contribution in [0, 0.1) is 0 Å². The van der Waals surface area contributed by atoms with Gasteiger partial charge < -0.3 is 0 Å². The summed E-state index contributed by atoms with van der Waals surface area (Å²) in [5.41, 5.74) is 0. The minimum atomic E-state index is -2.17. The molecule has 0 aliphatic heterocycles. The molecule has 0 aliphatic carbocycles. The number of fused-ring (bicyclic) bond motifs is 2. The molecule has 0 spiro atoms. The molecule has 0 nitrogen and oxygen atoms in total. The molecule has 0 amide bonds. The van der Waals surface area contributed by atoms with E-state index < -0.39 is 6.04 Å². The van der Waals surface area contributed by atoms with Crippen LogP contribution in [0.2, 0.25) is 0 Å². The fraction of sp³-hybridized carbons (Fsp3) is 0. The van der Waals surface area contributed by atoms with E-state index in [0.717, 1.165) is 0 Å². The molecule has 5 aromatic carbocycles. The Bertz CT molecular complexity index is 1280. The van der Waals surface area contributed by atoms with Crippen molar-refractivity contribution in [3.63, 3.8) is 0 Å². The van der Waals surface area contributed by atoms with Crippen LogP contribution in [0.15, 0.2) is 115 Å². The summed E-state index contributed by atoms with van der Waals surface area (Å²) in [6, 6.07) is 38.8. The van der Waals surface area contributed by atoms with Crippen LogP contribution in [-0.2, 0) is 11.8 Å². The van der Waals surface area contributed by atoms with Crippen LogP contribution in [-0.4, -0.2) is 0 Å². The zero-order chi connectivity index (χ0) is 19.0. The van der Waals surface area contributed by atoms with E-state index in [4.69, 9.17) is 11.8 Å². The van der Waals surface area contributed by atoms with E-state index in [9.17, 15) is 0 Å². The van der Waals surface area contributed by atoms with Gasteiger partial charge in [0.1, 0.15) is 0 Å². The standard InChI is InChI=1S/C26H19PS/c28-27(23-13-3-1-4-14-23,24-15-5-2-6-16-24)26-17-9-12-22-18-20-10-7-8-11-21(20)19-25(22)26/h1-19H. The summed E-state index contributed by atoms with van der Waals surface area (Å²) in [7, 11) is 0. The molecule has 0 radical (unpaired) electrons. The largest absolute Gasteiger partial charge is 0.0826 e. The number of rotatable bonds is 3. The van der Waals surface area contributed by atoms with E-state index in [-0.39, 0.29) is 0 Å². The molecule has 5 rings (SSSR count). The fourth-order valence-electron chi connectivity index (χ4n) is 3.93. The van der Waals surface area contributed by atoms with Crippen LogP contribution in [0.5, 0.6) is 0 Å². The third-order valence-electron chi connectivity index (χ3n) is 5.30. The van der Waals surface area contributed by atoms with Gasteiger partial charge in [-0.15, -0.1) is 0 Å². The van der Waals surface area contributed by atoms with E-state index in [1.165, 1.54) is 37.5 Å². The lowest BCUT2D eigenvalue weighted by Crippen LogP contribution is -2.25. The van der Waals surface area contributed by atoms with Gasteiger partial charge in [0.25, 0.3) is 0 Å². The Labute approximate surface area is 170 Å². The summed E-state index contributed by atoms with van der Waals surface area (Å²) in [4.78, 5) is 0. The van der Waals surface area contributed by atoms with Crippen LogP contribution >= 0.6 is 6.04 Å². The summed E-state index contributed by atoms with van der Waals surface area (Å²) in [5, 5.41) is 8.76. The highest BCUT2D eigenvalue weighted by atomic mass is 32.4. The van der Waals surface area contributed by atoms with Gasteiger partial charge >= 0.3 is 0 Å². The van der Waals surface area contributed by atoms with Gasteiger partial charge in [0.15, 0.2) is 0 Å². The third kappa shape index (κ3) is 2.79. The predicted molar refractivity (Wildman–Crippen MR) is 128 cm³/mol. The molecule has 2 heteroatoms. The van der Waals surface area contributed by atoms with Gasteiger partial charge in [-0.2, -0.15) is 0 Å². The zero-order valence-corrected chi connectivity index (χ0v) is 17.0. The summed E-state index contributed by atoms with van der Waals surface area (Å²) < 4.78 is 0. The Morgan fingerprint density at radius 1 is 0.464 bits per heavy atom. The van der Waals surface area contributed by atoms with Crippen molar-refractivity contribution in [2.24, 2.45) is 0 Å². The minimum Gasteiger partial charge on any atom is -0.0826 e. The first kappa shape index (κ1) is 17.4. The van der Waals surface area contributed by atoms with Gasteiger partial charge in [-0.1, -0.05) is 115 Å². The lowest BCUT2D eigenvalue weighted by atomic mass is 10.0. The lowest BCUT2D eigenvalue weighted by Gasteiger charge is -2.25. The molecule has 0 atom stereocenters. The molecule has 0 bridgehead atoms. The van der Waals surface area contributed by atoms with Gasteiger partial charge in [-0.05, 0) is 44.3 Å². The quantitative estimate of drug-likeness (QED) is 0.277. The second kappa shape index (κ2) is 7.02. The summed E-state index contributed by atoms with van der Waals surface area (Å²) in [5.74, 6) is 0. The maximum absolute atomic E-state index is 6.56. The maximum Gasteiger partial charge on any atom is 0.0385 e. The Morgan fingerprint density at radius 2 is 0.964 bits per heavy atom. The molecule has 0 saturated heterocycles. The normalized spacial score (nSPS) is 11.7. The number of benzene rings is 5. The van der Waals surface area contributed by atoms with Crippen molar-refractivity contribution in [2.45, 2.75) is 0 Å². The molecule has 0 unspecified atom stereocenters. The number of hydrogen-bond acceptors (Lipinski definition) is 1. The fourth-order valence-corrected chi connectivity index (χ4v) is 8.00. The maximum atomic E-state index is 6.56. The van der Waals surface area contributed by atoms with E-state index >= 15 is 0 Å². The molecule has 0 N–H and O–H groups in total. The first-order valence-corrected chi connectivity index (χ1v) is 12.2. The minimum absolute atomic E-state index is 1.23. The summed E-state index contributed by atoms with van der Waals surface area (Å²) in [6.07, 6.45) is 0. The van der Waals surface area contributed by atoms with Gasteiger partial charge in [0.05, 0.1) is 0 Å². The Hall–Kier alpha value is -2.73. The van der Waals surface area contributed by atoms with Crippen molar-refractivity contribution in [3.05, 3.63) is 115 Å². The predicted octanol–water partition coefficient (Wildman–Crippen LogP) is 5.75. The second-order valence-electron chi connectivity index (χ2n) is 6.98. The highest BCUT2D eigenvalue weighted by molar-refractivity contribution is 8.25. The van der Waals surface area contributed by atoms with Gasteiger partial charge in [0, 0.05) is 11.3 Å². The molecule has 28 heavy (non-hydrogen) atoms. The van der Waals surface area contributed by atoms with Gasteiger partial charge in [-0.25, -0.2) is 0 Å². The van der Waals surface area contributed by atoms with Crippen LogP contribution in [0.3, 0.4) is 0 Å². The molecule has 0 heterocycles. The van der Waals surface area contributed by atoms with E-state index in [1.54, 1.807) is 0 Å². The molecule has 0 aliphatic rings. The molecule has 5 aromatic rings. The summed E-state index contributed by atoms with van der Waals surface area (Å²) >= 11 is 6.56. The topological polar surface area (TPSA) is 0 Å². The Morgan fingerprint density at radius 3 is 1.57 bits per heavy atom. The Balaban J connectivity index is 1.89. The van der Waals surface area contributed by atoms with Gasteiger partial charge in [-0.3, -0.25) is 0 Å². The van der Waals surface area contributed by atoms with Crippen LogP contribution in [0.1, 0.15) is 0 Å². The first-order chi connectivity index (χ1) is 13.8. The first-order valence-electron chi connectivity index (χ1n) is 9.40. The molecule has 0 fully saturated rings. The Kier molecular flexibility index (Phi) is 4.36. The zero-order valence-electron chi connectivity index (χ0n) is 15.3. The van der Waals surface area contributed by atoms with Crippen LogP contribution < -0.4 is 15.9 Å². The van der Waals surface area contributed by atoms with Crippen LogP contribution in [0.25, 0.3) is 21.5 Å². The highest BCUT2D eigenvalue weighted by Gasteiger charge is 2.26. The molecule has 134 valence electrons. The van der Waals surface area contributed by atoms with Crippen molar-refractivity contribution < 1.29 is 0 Å². The highest BCUT2D eigenvalue weighted by Crippen LogP contribution is 2.45. The second-order valence-corrected chi connectivity index (χ2v) is 11.4. The monoisotopic (exact) mass is 394 g/mol. The van der Waals surface area contributed by atoms with Crippen molar-refractivity contribution in [1.29, 1.82) is 0 Å². The number of hydrogen-bond donors (Lipinski definition) is 0. The molecule has 0 saturated carbocycles. The van der Waals surface area contributed by atoms with E-state index in [1.807, 2.05) is 0 Å². The SMILES string of the molecule is S=P(c1ccccc1)(c1ccccc1)c1cccc2cc3ccccc3cc12.